The zero-order valence-electron chi connectivity index (χ0n) is 12.4. The van der Waals surface area contributed by atoms with Crippen LogP contribution in [0.3, 0.4) is 0 Å². The summed E-state index contributed by atoms with van der Waals surface area (Å²) in [5.41, 5.74) is 0.287. The Morgan fingerprint density at radius 3 is 2.76 bits per heavy atom. The number of quaternary nitrogens is 1. The van der Waals surface area contributed by atoms with Crippen molar-refractivity contribution in [3.05, 3.63) is 30.1 Å². The molecule has 0 spiro atoms. The van der Waals surface area contributed by atoms with E-state index in [1.54, 1.807) is 18.2 Å². The number of para-hydroxylation sites is 1. The predicted molar refractivity (Wildman–Crippen MR) is 80.7 cm³/mol. The van der Waals surface area contributed by atoms with Crippen LogP contribution in [0.4, 0.5) is 10.1 Å². The lowest BCUT2D eigenvalue weighted by atomic mass is 9.75. The summed E-state index contributed by atoms with van der Waals surface area (Å²) in [5, 5.41) is 2.69. The SMILES string of the molecule is O=C(C[NH+]1CC[C@@H]2CCCC[C@@H]2C1)Nc1ccccc1F. The highest BCUT2D eigenvalue weighted by Crippen LogP contribution is 2.32. The third kappa shape index (κ3) is 3.62. The molecule has 1 aromatic carbocycles. The van der Waals surface area contributed by atoms with E-state index >= 15 is 0 Å². The molecule has 3 nitrogen and oxygen atoms in total. The first-order valence-corrected chi connectivity index (χ1v) is 8.10. The van der Waals surface area contributed by atoms with Gasteiger partial charge in [-0.05, 0) is 37.3 Å². The second kappa shape index (κ2) is 6.56. The van der Waals surface area contributed by atoms with Gasteiger partial charge in [-0.15, -0.1) is 0 Å². The van der Waals surface area contributed by atoms with Crippen LogP contribution in [0, 0.1) is 17.7 Å². The number of likely N-dealkylation sites (tertiary alicyclic amines) is 1. The number of piperidine rings is 1. The van der Waals surface area contributed by atoms with E-state index in [0.29, 0.717) is 6.54 Å². The second-order valence-corrected chi connectivity index (χ2v) is 6.50. The molecule has 3 rings (SSSR count). The molecular formula is C17H24FN2O+. The van der Waals surface area contributed by atoms with Crippen LogP contribution in [-0.2, 0) is 4.79 Å². The molecule has 1 unspecified atom stereocenters. The third-order valence-electron chi connectivity index (χ3n) is 5.04. The van der Waals surface area contributed by atoms with E-state index < -0.39 is 0 Å². The number of anilines is 1. The Kier molecular flexibility index (Phi) is 4.54. The van der Waals surface area contributed by atoms with Crippen LogP contribution in [0.25, 0.3) is 0 Å². The zero-order valence-corrected chi connectivity index (χ0v) is 12.4. The van der Waals surface area contributed by atoms with Crippen molar-refractivity contribution < 1.29 is 14.1 Å². The Hall–Kier alpha value is -1.42. The minimum atomic E-state index is -0.369. The van der Waals surface area contributed by atoms with Crippen molar-refractivity contribution in [2.24, 2.45) is 11.8 Å². The second-order valence-electron chi connectivity index (χ2n) is 6.50. The van der Waals surface area contributed by atoms with Gasteiger partial charge in [-0.1, -0.05) is 25.0 Å². The van der Waals surface area contributed by atoms with Gasteiger partial charge in [-0.25, -0.2) is 4.39 Å². The molecule has 1 saturated carbocycles. The maximum Gasteiger partial charge on any atom is 0.279 e. The minimum Gasteiger partial charge on any atom is -0.327 e. The van der Waals surface area contributed by atoms with Crippen molar-refractivity contribution in [2.45, 2.75) is 32.1 Å². The molecule has 0 aromatic heterocycles. The highest BCUT2D eigenvalue weighted by Gasteiger charge is 2.34. The Labute approximate surface area is 125 Å². The van der Waals surface area contributed by atoms with Gasteiger partial charge in [0.2, 0.25) is 0 Å². The van der Waals surface area contributed by atoms with E-state index in [-0.39, 0.29) is 17.4 Å². The Bertz CT molecular complexity index is 505. The summed E-state index contributed by atoms with van der Waals surface area (Å²) in [6, 6.07) is 6.34. The van der Waals surface area contributed by atoms with Gasteiger partial charge in [0.15, 0.2) is 6.54 Å². The smallest absolute Gasteiger partial charge is 0.279 e. The quantitative estimate of drug-likeness (QED) is 0.875. The standard InChI is InChI=1S/C17H23FN2O/c18-15-7-3-4-8-16(15)19-17(21)12-20-10-9-13-5-1-2-6-14(13)11-20/h3-4,7-8,13-14H,1-2,5-6,9-12H2,(H,19,21)/p+1/t13-,14+/m0/s1. The van der Waals surface area contributed by atoms with E-state index in [1.807, 2.05) is 0 Å². The van der Waals surface area contributed by atoms with E-state index in [1.165, 1.54) is 43.1 Å². The molecule has 114 valence electrons. The first-order valence-electron chi connectivity index (χ1n) is 8.10. The zero-order chi connectivity index (χ0) is 14.7. The molecule has 1 saturated heterocycles. The van der Waals surface area contributed by atoms with Crippen LogP contribution >= 0.6 is 0 Å². The van der Waals surface area contributed by atoms with Crippen LogP contribution in [0.15, 0.2) is 24.3 Å². The molecule has 3 atom stereocenters. The van der Waals surface area contributed by atoms with Gasteiger partial charge in [0.25, 0.3) is 5.91 Å². The van der Waals surface area contributed by atoms with Gasteiger partial charge < -0.3 is 10.2 Å². The lowest BCUT2D eigenvalue weighted by Gasteiger charge is -2.38. The molecule has 1 heterocycles. The minimum absolute atomic E-state index is 0.0793. The van der Waals surface area contributed by atoms with Crippen molar-refractivity contribution >= 4 is 11.6 Å². The van der Waals surface area contributed by atoms with Gasteiger partial charge in [-0.3, -0.25) is 4.79 Å². The number of hydrogen-bond acceptors (Lipinski definition) is 1. The normalized spacial score (nSPS) is 28.7. The molecule has 1 aromatic rings. The fraction of sp³-hybridized carbons (Fsp3) is 0.588. The van der Waals surface area contributed by atoms with E-state index in [9.17, 15) is 9.18 Å². The van der Waals surface area contributed by atoms with Crippen LogP contribution in [0.2, 0.25) is 0 Å². The Morgan fingerprint density at radius 2 is 1.95 bits per heavy atom. The largest absolute Gasteiger partial charge is 0.327 e. The summed E-state index contributed by atoms with van der Waals surface area (Å²) >= 11 is 0. The van der Waals surface area contributed by atoms with Crippen LogP contribution in [0.1, 0.15) is 32.1 Å². The fourth-order valence-electron chi connectivity index (χ4n) is 3.94. The molecule has 1 aliphatic heterocycles. The highest BCUT2D eigenvalue weighted by molar-refractivity contribution is 5.91. The van der Waals surface area contributed by atoms with Crippen molar-refractivity contribution in [2.75, 3.05) is 25.0 Å². The summed E-state index contributed by atoms with van der Waals surface area (Å²) in [5.74, 6) is 1.23. The maximum atomic E-state index is 13.5. The van der Waals surface area contributed by atoms with E-state index in [2.05, 4.69) is 5.32 Å². The van der Waals surface area contributed by atoms with Crippen LogP contribution in [-0.4, -0.2) is 25.5 Å². The van der Waals surface area contributed by atoms with E-state index in [0.717, 1.165) is 24.9 Å². The van der Waals surface area contributed by atoms with Crippen molar-refractivity contribution in [3.8, 4) is 0 Å². The van der Waals surface area contributed by atoms with Gasteiger partial charge in [-0.2, -0.15) is 0 Å². The average Bonchev–Trinajstić information content (AvgIpc) is 2.49. The molecule has 0 radical (unpaired) electrons. The van der Waals surface area contributed by atoms with Crippen molar-refractivity contribution in [1.29, 1.82) is 0 Å². The summed E-state index contributed by atoms with van der Waals surface area (Å²) in [4.78, 5) is 13.4. The Balaban J connectivity index is 1.52. The topological polar surface area (TPSA) is 33.5 Å². The summed E-state index contributed by atoms with van der Waals surface area (Å²) < 4.78 is 13.5. The number of nitrogens with one attached hydrogen (secondary N) is 2. The number of amides is 1. The number of hydrogen-bond donors (Lipinski definition) is 2. The lowest BCUT2D eigenvalue weighted by molar-refractivity contribution is -0.902. The maximum absolute atomic E-state index is 13.5. The van der Waals surface area contributed by atoms with Gasteiger partial charge in [0.1, 0.15) is 5.82 Å². The van der Waals surface area contributed by atoms with Gasteiger partial charge >= 0.3 is 0 Å². The number of carbonyl (C=O) groups is 1. The van der Waals surface area contributed by atoms with Gasteiger partial charge in [0.05, 0.1) is 18.8 Å². The number of halogens is 1. The third-order valence-corrected chi connectivity index (χ3v) is 5.04. The molecular weight excluding hydrogens is 267 g/mol. The Morgan fingerprint density at radius 1 is 1.19 bits per heavy atom. The van der Waals surface area contributed by atoms with Crippen molar-refractivity contribution in [3.63, 3.8) is 0 Å². The number of rotatable bonds is 3. The molecule has 1 aliphatic carbocycles. The molecule has 2 N–H and O–H groups in total. The van der Waals surface area contributed by atoms with Crippen LogP contribution in [0.5, 0.6) is 0 Å². The monoisotopic (exact) mass is 291 g/mol. The molecule has 21 heavy (non-hydrogen) atoms. The van der Waals surface area contributed by atoms with E-state index in [4.69, 9.17) is 0 Å². The molecule has 0 bridgehead atoms. The first kappa shape index (κ1) is 14.5. The number of benzene rings is 1. The molecule has 2 fully saturated rings. The predicted octanol–water partition coefficient (Wildman–Crippen LogP) is 1.86. The number of fused-ring (bicyclic) bond motifs is 1. The van der Waals surface area contributed by atoms with Crippen LogP contribution < -0.4 is 10.2 Å². The summed E-state index contributed by atoms with van der Waals surface area (Å²) in [7, 11) is 0. The summed E-state index contributed by atoms with van der Waals surface area (Å²) in [6.07, 6.45) is 6.66. The number of carbonyl (C=O) groups excluding carboxylic acids is 1. The molecule has 4 heteroatoms. The fourth-order valence-corrected chi connectivity index (χ4v) is 3.94. The first-order chi connectivity index (χ1) is 10.2. The lowest BCUT2D eigenvalue weighted by Crippen LogP contribution is -3.15. The van der Waals surface area contributed by atoms with Gasteiger partial charge in [0, 0.05) is 5.92 Å². The van der Waals surface area contributed by atoms with Crippen molar-refractivity contribution in [1.82, 2.24) is 0 Å². The average molecular weight is 291 g/mol. The molecule has 2 aliphatic rings. The summed E-state index contributed by atoms with van der Waals surface area (Å²) in [6.45, 7) is 2.64. The molecule has 1 amide bonds. The highest BCUT2D eigenvalue weighted by atomic mass is 19.1.